The molecule has 9 aliphatic rings. The van der Waals surface area contributed by atoms with Crippen molar-refractivity contribution in [3.05, 3.63) is 82.5 Å². The molecule has 2 aromatic heterocycles. The fraction of sp³-hybridized carbons (Fsp3) is 0.547. The van der Waals surface area contributed by atoms with Gasteiger partial charge in [0.2, 0.25) is 11.8 Å². The molecule has 0 radical (unpaired) electrons. The van der Waals surface area contributed by atoms with Gasteiger partial charge in [0, 0.05) is 83.4 Å². The Morgan fingerprint density at radius 2 is 1.67 bits per heavy atom. The number of hydrogen-bond donors (Lipinski definition) is 1. The van der Waals surface area contributed by atoms with Crippen molar-refractivity contribution in [3.63, 3.8) is 0 Å². The summed E-state index contributed by atoms with van der Waals surface area (Å²) < 4.78 is 58.2. The third-order valence-electron chi connectivity index (χ3n) is 19.6. The molecule has 83 heavy (non-hydrogen) atoms. The van der Waals surface area contributed by atoms with Crippen molar-refractivity contribution >= 4 is 57.0 Å². The van der Waals surface area contributed by atoms with Crippen LogP contribution in [0.15, 0.2) is 48.5 Å². The van der Waals surface area contributed by atoms with Crippen molar-refractivity contribution in [3.8, 4) is 29.6 Å². The van der Waals surface area contributed by atoms with Gasteiger partial charge in [-0.3, -0.25) is 24.6 Å². The maximum Gasteiger partial charge on any atom is 0.409 e. The summed E-state index contributed by atoms with van der Waals surface area (Å²) in [5.74, 6) is 1.02. The number of pyridine rings is 1. The van der Waals surface area contributed by atoms with E-state index in [-0.39, 0.29) is 100 Å². The zero-order chi connectivity index (χ0) is 55.1. The lowest BCUT2D eigenvalue weighted by Crippen LogP contribution is -2.52. The number of carbonyl (C=O) groups is 4. The average molecular weight is 1140 g/mol. The predicted octanol–water partition coefficient (Wildman–Crippen LogP) is 9.61. The van der Waals surface area contributed by atoms with Crippen LogP contribution in [0.4, 0.5) is 25.1 Å². The molecule has 7 fully saturated rings. The summed E-state index contributed by atoms with van der Waals surface area (Å²) in [5.41, 5.74) is 3.75. The summed E-state index contributed by atoms with van der Waals surface area (Å²) >= 11 is 0. The molecule has 1 aliphatic carbocycles. The fourth-order valence-corrected chi connectivity index (χ4v) is 15.3. The van der Waals surface area contributed by atoms with Crippen molar-refractivity contribution in [2.75, 3.05) is 75.5 Å². The Labute approximate surface area is 486 Å². The molecule has 1 N–H and O–H groups in total. The van der Waals surface area contributed by atoms with Crippen molar-refractivity contribution in [1.82, 2.24) is 35.0 Å². The van der Waals surface area contributed by atoms with Crippen molar-refractivity contribution < 1.29 is 49.8 Å². The lowest BCUT2D eigenvalue weighted by Gasteiger charge is -2.52. The molecule has 4 atom stereocenters. The summed E-state index contributed by atoms with van der Waals surface area (Å²) in [6.45, 7) is 6.64. The van der Waals surface area contributed by atoms with E-state index in [4.69, 9.17) is 40.3 Å². The van der Waals surface area contributed by atoms with Gasteiger partial charge in [-0.25, -0.2) is 18.6 Å². The predicted molar refractivity (Wildman–Crippen MR) is 314 cm³/mol. The minimum atomic E-state index is -0.645. The second kappa shape index (κ2) is 22.5. The van der Waals surface area contributed by atoms with Gasteiger partial charge in [-0.15, -0.1) is 6.42 Å². The summed E-state index contributed by atoms with van der Waals surface area (Å²) in [6.07, 6.45) is 17.9. The lowest BCUT2D eigenvalue weighted by atomic mass is 9.61. The molecule has 442 valence electrons. The number of likely N-dealkylation sites (tertiary alicyclic amines) is 1. The summed E-state index contributed by atoms with van der Waals surface area (Å²) in [5, 5.41) is 4.03. The van der Waals surface area contributed by atoms with E-state index in [2.05, 4.69) is 32.0 Å². The van der Waals surface area contributed by atoms with Gasteiger partial charge in [0.25, 0.3) is 5.91 Å². The van der Waals surface area contributed by atoms with E-state index in [1.54, 1.807) is 23.1 Å². The molecule has 0 bridgehead atoms. The largest absolute Gasteiger partial charge is 0.461 e. The summed E-state index contributed by atoms with van der Waals surface area (Å²) in [7, 11) is 0. The number of carbonyl (C=O) groups excluding carboxylic acids is 4. The number of aromatic nitrogens is 3. The standard InChI is InChI=1S/C62H67F2N9O8.2CH4.2H2/c1-2-44-47(63)12-8-37-6-3-7-46(51(37)44)54-53(64)55-52-48(65-54)13-10-40-34-78-29-5-23-71(40)56(52)68-59(67-55)80-36-62-19-4-24-73(62)41(16-20-62)35-79-60(77)70-27-21-61(22-28-70)31-43(32-61)81-42-17-25-69(26-18-42)39-9-11-45-38(30-39)33-72(58(45)76)49-14-15-50(74)66-57(49)75;;;;/h1,3,6-9,11-12,30,40-43,49H,4-5,10,13-29,31-36H2,(H,66,74,75);2*1H4;2*1H/t40?,41-,49?,62-;;;;/m0..../s1. The normalized spacial score (nSPS) is 25.2. The Kier molecular flexibility index (Phi) is 15.3. The Hall–Kier alpha value is -7.01. The first kappa shape index (κ1) is 56.5. The summed E-state index contributed by atoms with van der Waals surface area (Å²) in [6, 6.07) is 13.8. The van der Waals surface area contributed by atoms with Crippen LogP contribution >= 0.6 is 0 Å². The molecule has 14 rings (SSSR count). The van der Waals surface area contributed by atoms with E-state index >= 15 is 8.78 Å². The third-order valence-corrected chi connectivity index (χ3v) is 19.6. The van der Waals surface area contributed by atoms with Gasteiger partial charge in [-0.2, -0.15) is 9.97 Å². The molecule has 3 aromatic carbocycles. The number of amides is 4. The van der Waals surface area contributed by atoms with Crippen LogP contribution in [0, 0.1) is 29.4 Å². The number of nitrogens with zero attached hydrogens (tertiary/aromatic N) is 8. The van der Waals surface area contributed by atoms with E-state index in [0.717, 1.165) is 102 Å². The number of terminal acetylenes is 1. The van der Waals surface area contributed by atoms with Crippen molar-refractivity contribution in [2.45, 2.75) is 154 Å². The number of halogens is 2. The number of benzene rings is 3. The number of ether oxygens (including phenoxy) is 4. The molecule has 17 nitrogen and oxygen atoms in total. The van der Waals surface area contributed by atoms with Crippen LogP contribution in [-0.4, -0.2) is 155 Å². The zero-order valence-electron chi connectivity index (χ0n) is 45.6. The molecule has 19 heteroatoms. The van der Waals surface area contributed by atoms with Crippen LogP contribution < -0.4 is 19.9 Å². The van der Waals surface area contributed by atoms with Crippen molar-refractivity contribution in [2.24, 2.45) is 5.41 Å². The highest BCUT2D eigenvalue weighted by molar-refractivity contribution is 6.06. The number of aryl methyl sites for hydroxylation is 1. The minimum absolute atomic E-state index is 0. The van der Waals surface area contributed by atoms with E-state index in [1.165, 1.54) is 6.07 Å². The molecule has 6 saturated heterocycles. The van der Waals surface area contributed by atoms with Crippen molar-refractivity contribution in [1.29, 1.82) is 0 Å². The minimum Gasteiger partial charge on any atom is -0.461 e. The highest BCUT2D eigenvalue weighted by Gasteiger charge is 2.52. The van der Waals surface area contributed by atoms with Crippen LogP contribution in [0.25, 0.3) is 32.9 Å². The second-order valence-corrected chi connectivity index (χ2v) is 24.2. The number of hydrogen-bond acceptors (Lipinski definition) is 14. The van der Waals surface area contributed by atoms with Gasteiger partial charge in [0.15, 0.2) is 5.82 Å². The third kappa shape index (κ3) is 10.1. The first-order valence-corrected chi connectivity index (χ1v) is 29.4. The van der Waals surface area contributed by atoms with Gasteiger partial charge in [0.1, 0.15) is 42.1 Å². The summed E-state index contributed by atoms with van der Waals surface area (Å²) in [4.78, 5) is 76.5. The Morgan fingerprint density at radius 3 is 2.48 bits per heavy atom. The molecular weight excluding hydrogens is 1060 g/mol. The SMILES string of the molecule is C.C.C#Cc1c(F)ccc2cccc(-c3nc4c5c(nc(OC[C@@]67CCCN6[C@H](COC(=O)N6CCC8(CC6)CC(OC6CCN(c9ccc%10c(c9)CN(C9CCC(=O)NC9=O)C%10=O)CC6)C8)CC7)nc5c3F)N3CCCOCC3CC4)c12.[HH].[HH]. The quantitative estimate of drug-likeness (QED) is 0.104. The van der Waals surface area contributed by atoms with E-state index < -0.39 is 23.6 Å². The Bertz CT molecular complexity index is 3440. The molecule has 1 saturated carbocycles. The first-order chi connectivity index (χ1) is 39.4. The number of anilines is 2. The number of nitrogens with one attached hydrogen (secondary N) is 1. The Morgan fingerprint density at radius 1 is 0.843 bits per heavy atom. The monoisotopic (exact) mass is 1140 g/mol. The van der Waals surface area contributed by atoms with Crippen LogP contribution in [0.1, 0.15) is 135 Å². The van der Waals surface area contributed by atoms with E-state index in [1.807, 2.05) is 23.1 Å². The first-order valence-electron chi connectivity index (χ1n) is 29.4. The van der Waals surface area contributed by atoms with Gasteiger partial charge in [-0.05, 0) is 137 Å². The number of fused-ring (bicyclic) bond motifs is 5. The number of imide groups is 1. The van der Waals surface area contributed by atoms with Gasteiger partial charge >= 0.3 is 12.1 Å². The molecule has 5 aromatic rings. The average Bonchev–Trinajstić information content (AvgIpc) is 2.72. The molecule has 1 spiro atoms. The maximum absolute atomic E-state index is 17.5. The molecule has 8 aliphatic heterocycles. The van der Waals surface area contributed by atoms with E-state index in [0.29, 0.717) is 111 Å². The number of piperidine rings is 3. The topological polar surface area (TPSA) is 172 Å². The van der Waals surface area contributed by atoms with Gasteiger partial charge in [-0.1, -0.05) is 45.0 Å². The number of rotatable bonds is 10. The van der Waals surface area contributed by atoms with Crippen LogP contribution in [-0.2, 0) is 36.8 Å². The molecule has 4 amide bonds. The smallest absolute Gasteiger partial charge is 0.409 e. The lowest BCUT2D eigenvalue weighted by molar-refractivity contribution is -0.137. The van der Waals surface area contributed by atoms with Crippen LogP contribution in [0.5, 0.6) is 6.01 Å². The molecule has 2 unspecified atom stereocenters. The van der Waals surface area contributed by atoms with Gasteiger partial charge < -0.3 is 38.5 Å². The second-order valence-electron chi connectivity index (χ2n) is 24.2. The van der Waals surface area contributed by atoms with Gasteiger partial charge in [0.05, 0.1) is 47.0 Å². The van der Waals surface area contributed by atoms with E-state index in [9.17, 15) is 19.2 Å². The fourth-order valence-electron chi connectivity index (χ4n) is 15.3. The molecule has 10 heterocycles. The molecular formula is C64H79F2N9O8. The zero-order valence-corrected chi connectivity index (χ0v) is 45.6. The Balaban J connectivity index is 0.00000201. The highest BCUT2D eigenvalue weighted by atomic mass is 19.1. The maximum atomic E-state index is 17.5. The highest BCUT2D eigenvalue weighted by Crippen LogP contribution is 2.51. The van der Waals surface area contributed by atoms with Crippen LogP contribution in [0.2, 0.25) is 0 Å². The van der Waals surface area contributed by atoms with Crippen LogP contribution in [0.3, 0.4) is 0 Å².